The smallest absolute Gasteiger partial charge is 0.166 e. The van der Waals surface area contributed by atoms with Crippen molar-refractivity contribution < 1.29 is 0 Å². The Balaban J connectivity index is 1.48. The topological polar surface area (TPSA) is 41.9 Å². The zero-order valence-electron chi connectivity index (χ0n) is 14.2. The van der Waals surface area contributed by atoms with Gasteiger partial charge in [0, 0.05) is 24.6 Å². The third-order valence-corrected chi connectivity index (χ3v) is 4.35. The van der Waals surface area contributed by atoms with Crippen molar-refractivity contribution in [2.75, 3.05) is 6.54 Å². The second kappa shape index (κ2) is 8.44. The summed E-state index contributed by atoms with van der Waals surface area (Å²) < 4.78 is 1.98. The summed E-state index contributed by atoms with van der Waals surface area (Å²) in [5.41, 5.74) is 3.59. The van der Waals surface area contributed by atoms with Crippen LogP contribution in [0.25, 0.3) is 5.69 Å². The first-order valence-electron chi connectivity index (χ1n) is 8.39. The summed E-state index contributed by atoms with van der Waals surface area (Å²) in [7, 11) is 0. The van der Waals surface area contributed by atoms with Crippen LogP contribution in [0.1, 0.15) is 24.1 Å². The van der Waals surface area contributed by atoms with Gasteiger partial charge in [-0.15, -0.1) is 0 Å². The van der Waals surface area contributed by atoms with E-state index in [1.807, 2.05) is 16.8 Å². The molecule has 3 aromatic rings. The third-order valence-electron chi connectivity index (χ3n) is 4.09. The van der Waals surface area contributed by atoms with Crippen LogP contribution in [0.2, 0.25) is 0 Å². The lowest BCUT2D eigenvalue weighted by Gasteiger charge is -2.18. The molecule has 0 spiro atoms. The SMILES string of the molecule is CC(NC(=S)NCCc1ccccc1)c1ccc(-n2ccnc2)cc1. The average Bonchev–Trinajstić information content (AvgIpc) is 3.17. The fourth-order valence-corrected chi connectivity index (χ4v) is 2.92. The van der Waals surface area contributed by atoms with Gasteiger partial charge in [-0.05, 0) is 48.8 Å². The number of aromatic nitrogens is 2. The number of imidazole rings is 1. The van der Waals surface area contributed by atoms with Crippen LogP contribution in [-0.2, 0) is 6.42 Å². The Hall–Kier alpha value is -2.66. The number of nitrogens with one attached hydrogen (secondary N) is 2. The highest BCUT2D eigenvalue weighted by Gasteiger charge is 2.07. The first-order valence-corrected chi connectivity index (χ1v) is 8.80. The first-order chi connectivity index (χ1) is 12.2. The molecular formula is C20H22N4S. The molecule has 1 heterocycles. The van der Waals surface area contributed by atoms with Gasteiger partial charge in [0.15, 0.2) is 5.11 Å². The Kier molecular flexibility index (Phi) is 5.80. The summed E-state index contributed by atoms with van der Waals surface area (Å²) in [6, 6.07) is 18.9. The molecular weight excluding hydrogens is 328 g/mol. The van der Waals surface area contributed by atoms with Crippen LogP contribution >= 0.6 is 12.2 Å². The number of hydrogen-bond donors (Lipinski definition) is 2. The number of rotatable bonds is 6. The molecule has 0 fully saturated rings. The number of benzene rings is 2. The number of thiocarbonyl (C=S) groups is 1. The maximum atomic E-state index is 5.40. The molecule has 4 nitrogen and oxygen atoms in total. The summed E-state index contributed by atoms with van der Waals surface area (Å²) in [6.07, 6.45) is 6.46. The van der Waals surface area contributed by atoms with Crippen LogP contribution in [0.5, 0.6) is 0 Å². The largest absolute Gasteiger partial charge is 0.362 e. The molecule has 128 valence electrons. The van der Waals surface area contributed by atoms with Crippen molar-refractivity contribution in [1.82, 2.24) is 20.2 Å². The van der Waals surface area contributed by atoms with E-state index in [1.54, 1.807) is 12.5 Å². The quantitative estimate of drug-likeness (QED) is 0.666. The zero-order chi connectivity index (χ0) is 17.5. The standard InChI is InChI=1S/C20H22N4S/c1-16(18-7-9-19(10-8-18)24-14-13-21-15-24)23-20(25)22-12-11-17-5-3-2-4-6-17/h2-10,13-16H,11-12H2,1H3,(H2,22,23,25). The van der Waals surface area contributed by atoms with Crippen molar-refractivity contribution in [3.05, 3.63) is 84.4 Å². The van der Waals surface area contributed by atoms with E-state index in [1.165, 1.54) is 11.1 Å². The van der Waals surface area contributed by atoms with Crippen LogP contribution in [0.15, 0.2) is 73.3 Å². The highest BCUT2D eigenvalue weighted by Crippen LogP contribution is 2.15. The molecule has 0 saturated heterocycles. The summed E-state index contributed by atoms with van der Waals surface area (Å²) in [4.78, 5) is 4.07. The minimum absolute atomic E-state index is 0.147. The van der Waals surface area contributed by atoms with Crippen LogP contribution < -0.4 is 10.6 Å². The van der Waals surface area contributed by atoms with Gasteiger partial charge in [-0.25, -0.2) is 4.98 Å². The van der Waals surface area contributed by atoms with E-state index in [0.717, 1.165) is 18.7 Å². The maximum absolute atomic E-state index is 5.40. The second-order valence-corrected chi connectivity index (χ2v) is 6.33. The lowest BCUT2D eigenvalue weighted by molar-refractivity contribution is 0.696. The highest BCUT2D eigenvalue weighted by atomic mass is 32.1. The minimum atomic E-state index is 0.147. The molecule has 1 aromatic heterocycles. The van der Waals surface area contributed by atoms with Gasteiger partial charge in [0.1, 0.15) is 0 Å². The van der Waals surface area contributed by atoms with Gasteiger partial charge in [-0.2, -0.15) is 0 Å². The lowest BCUT2D eigenvalue weighted by Crippen LogP contribution is -2.37. The molecule has 0 amide bonds. The van der Waals surface area contributed by atoms with Crippen molar-refractivity contribution in [2.45, 2.75) is 19.4 Å². The van der Waals surface area contributed by atoms with E-state index in [-0.39, 0.29) is 6.04 Å². The van der Waals surface area contributed by atoms with Gasteiger partial charge >= 0.3 is 0 Å². The van der Waals surface area contributed by atoms with Gasteiger partial charge in [0.25, 0.3) is 0 Å². The van der Waals surface area contributed by atoms with E-state index in [9.17, 15) is 0 Å². The summed E-state index contributed by atoms with van der Waals surface area (Å²) in [5, 5.41) is 7.29. The monoisotopic (exact) mass is 350 g/mol. The van der Waals surface area contributed by atoms with E-state index >= 15 is 0 Å². The fourth-order valence-electron chi connectivity index (χ4n) is 2.64. The van der Waals surface area contributed by atoms with E-state index < -0.39 is 0 Å². The number of nitrogens with zero attached hydrogens (tertiary/aromatic N) is 2. The Morgan fingerprint density at radius 1 is 1.12 bits per heavy atom. The predicted molar refractivity (Wildman–Crippen MR) is 106 cm³/mol. The third kappa shape index (κ3) is 4.90. The van der Waals surface area contributed by atoms with E-state index in [0.29, 0.717) is 5.11 Å². The Labute approximate surface area is 153 Å². The maximum Gasteiger partial charge on any atom is 0.166 e. The van der Waals surface area contributed by atoms with Crippen molar-refractivity contribution >= 4 is 17.3 Å². The fraction of sp³-hybridized carbons (Fsp3) is 0.200. The van der Waals surface area contributed by atoms with Crippen molar-refractivity contribution in [2.24, 2.45) is 0 Å². The van der Waals surface area contributed by atoms with Crippen molar-refractivity contribution in [3.63, 3.8) is 0 Å². The van der Waals surface area contributed by atoms with Gasteiger partial charge in [-0.1, -0.05) is 42.5 Å². The van der Waals surface area contributed by atoms with Crippen LogP contribution in [0, 0.1) is 0 Å². The molecule has 0 aliphatic carbocycles. The Bertz CT molecular complexity index is 782. The van der Waals surface area contributed by atoms with Gasteiger partial charge in [-0.3, -0.25) is 0 Å². The Morgan fingerprint density at radius 3 is 2.56 bits per heavy atom. The van der Waals surface area contributed by atoms with Gasteiger partial charge < -0.3 is 15.2 Å². The molecule has 3 rings (SSSR count). The zero-order valence-corrected chi connectivity index (χ0v) is 15.0. The van der Waals surface area contributed by atoms with E-state index in [4.69, 9.17) is 12.2 Å². The van der Waals surface area contributed by atoms with Crippen LogP contribution in [-0.4, -0.2) is 21.2 Å². The molecule has 2 aromatic carbocycles. The normalized spacial score (nSPS) is 11.7. The van der Waals surface area contributed by atoms with Gasteiger partial charge in [0.2, 0.25) is 0 Å². The summed E-state index contributed by atoms with van der Waals surface area (Å²) >= 11 is 5.40. The summed E-state index contributed by atoms with van der Waals surface area (Å²) in [6.45, 7) is 2.93. The first kappa shape index (κ1) is 17.2. The second-order valence-electron chi connectivity index (χ2n) is 5.92. The molecule has 25 heavy (non-hydrogen) atoms. The molecule has 5 heteroatoms. The average molecular weight is 350 g/mol. The predicted octanol–water partition coefficient (Wildman–Crippen LogP) is 3.64. The Morgan fingerprint density at radius 2 is 1.88 bits per heavy atom. The molecule has 2 N–H and O–H groups in total. The van der Waals surface area contributed by atoms with Crippen molar-refractivity contribution in [1.29, 1.82) is 0 Å². The molecule has 0 aliphatic rings. The summed E-state index contributed by atoms with van der Waals surface area (Å²) in [5.74, 6) is 0. The van der Waals surface area contributed by atoms with Crippen LogP contribution in [0.3, 0.4) is 0 Å². The molecule has 0 bridgehead atoms. The molecule has 1 unspecified atom stereocenters. The number of hydrogen-bond acceptors (Lipinski definition) is 2. The minimum Gasteiger partial charge on any atom is -0.362 e. The molecule has 1 atom stereocenters. The molecule has 0 aliphatic heterocycles. The van der Waals surface area contributed by atoms with E-state index in [2.05, 4.69) is 71.1 Å². The van der Waals surface area contributed by atoms with Crippen LogP contribution in [0.4, 0.5) is 0 Å². The highest BCUT2D eigenvalue weighted by molar-refractivity contribution is 7.80. The molecule has 0 saturated carbocycles. The molecule has 0 radical (unpaired) electrons. The van der Waals surface area contributed by atoms with Crippen molar-refractivity contribution in [3.8, 4) is 5.69 Å². The lowest BCUT2D eigenvalue weighted by atomic mass is 10.1. The van der Waals surface area contributed by atoms with Gasteiger partial charge in [0.05, 0.1) is 12.4 Å².